The Balaban J connectivity index is 0.00000128. The van der Waals surface area contributed by atoms with E-state index in [0.717, 1.165) is 6.42 Å². The van der Waals surface area contributed by atoms with Gasteiger partial charge in [-0.15, -0.1) is 12.4 Å². The van der Waals surface area contributed by atoms with Crippen LogP contribution >= 0.6 is 24.0 Å². The highest BCUT2D eigenvalue weighted by Gasteiger charge is 2.27. The van der Waals surface area contributed by atoms with E-state index in [-0.39, 0.29) is 24.3 Å². The Labute approximate surface area is 107 Å². The number of benzene rings is 1. The molecule has 0 heterocycles. The van der Waals surface area contributed by atoms with Crippen LogP contribution in [0.1, 0.15) is 36.4 Å². The highest BCUT2D eigenvalue weighted by atomic mass is 35.5. The average Bonchev–Trinajstić information content (AvgIpc) is 2.96. The van der Waals surface area contributed by atoms with Crippen molar-refractivity contribution in [2.75, 3.05) is 0 Å². The van der Waals surface area contributed by atoms with Gasteiger partial charge in [-0.2, -0.15) is 0 Å². The van der Waals surface area contributed by atoms with Gasteiger partial charge in [-0.25, -0.2) is 4.39 Å². The standard InChI is InChI=1S/C12H15ClFN.ClH/c1-7-2-5-9(13)11(12(7)14)10(15)6-8-3-4-8;/h2,5,8,10H,3-4,6,15H2,1H3;1H/t10-;/m1./s1. The van der Waals surface area contributed by atoms with Crippen LogP contribution in [0.5, 0.6) is 0 Å². The van der Waals surface area contributed by atoms with Crippen molar-refractivity contribution in [2.45, 2.75) is 32.2 Å². The number of nitrogens with two attached hydrogens (primary N) is 1. The molecule has 0 bridgehead atoms. The minimum absolute atomic E-state index is 0. The third-order valence-corrected chi connectivity index (χ3v) is 3.30. The van der Waals surface area contributed by atoms with E-state index >= 15 is 0 Å². The summed E-state index contributed by atoms with van der Waals surface area (Å²) < 4.78 is 13.8. The van der Waals surface area contributed by atoms with Crippen molar-refractivity contribution in [3.63, 3.8) is 0 Å². The average molecular weight is 264 g/mol. The van der Waals surface area contributed by atoms with Crippen LogP contribution in [-0.2, 0) is 0 Å². The SMILES string of the molecule is Cc1ccc(Cl)c([C@H](N)CC2CC2)c1F.Cl. The maximum absolute atomic E-state index is 13.8. The summed E-state index contributed by atoms with van der Waals surface area (Å²) in [4.78, 5) is 0. The fraction of sp³-hybridized carbons (Fsp3) is 0.500. The molecule has 2 N–H and O–H groups in total. The summed E-state index contributed by atoms with van der Waals surface area (Å²) in [5.41, 5.74) is 7.08. The number of aryl methyl sites for hydroxylation is 1. The van der Waals surface area contributed by atoms with Crippen molar-refractivity contribution >= 4 is 24.0 Å². The van der Waals surface area contributed by atoms with Crippen LogP contribution < -0.4 is 5.73 Å². The van der Waals surface area contributed by atoms with Crippen LogP contribution in [0, 0.1) is 18.7 Å². The summed E-state index contributed by atoms with van der Waals surface area (Å²) >= 11 is 5.98. The second-order valence-electron chi connectivity index (χ2n) is 4.38. The third-order valence-electron chi connectivity index (χ3n) is 2.97. The van der Waals surface area contributed by atoms with E-state index < -0.39 is 0 Å². The van der Waals surface area contributed by atoms with Gasteiger partial charge in [0.25, 0.3) is 0 Å². The summed E-state index contributed by atoms with van der Waals surface area (Å²) in [5, 5.41) is 0.450. The molecule has 0 radical (unpaired) electrons. The summed E-state index contributed by atoms with van der Waals surface area (Å²) in [5.74, 6) is 0.437. The summed E-state index contributed by atoms with van der Waals surface area (Å²) in [6, 6.07) is 3.15. The van der Waals surface area contributed by atoms with Crippen LogP contribution in [0.25, 0.3) is 0 Å². The van der Waals surface area contributed by atoms with Gasteiger partial charge in [0, 0.05) is 16.6 Å². The number of rotatable bonds is 3. The highest BCUT2D eigenvalue weighted by molar-refractivity contribution is 6.31. The minimum atomic E-state index is -0.259. The van der Waals surface area contributed by atoms with E-state index in [1.807, 2.05) is 0 Å². The highest BCUT2D eigenvalue weighted by Crippen LogP contribution is 2.39. The second kappa shape index (κ2) is 5.35. The van der Waals surface area contributed by atoms with Crippen LogP contribution in [0.4, 0.5) is 4.39 Å². The number of hydrogen-bond donors (Lipinski definition) is 1. The molecule has 16 heavy (non-hydrogen) atoms. The molecule has 0 aromatic heterocycles. The van der Waals surface area contributed by atoms with Gasteiger partial charge >= 0.3 is 0 Å². The van der Waals surface area contributed by atoms with Gasteiger partial charge in [0.15, 0.2) is 0 Å². The molecule has 0 unspecified atom stereocenters. The zero-order valence-corrected chi connectivity index (χ0v) is 10.7. The molecule has 1 aromatic carbocycles. The molecular formula is C12H16Cl2FN. The predicted octanol–water partition coefficient (Wildman–Crippen LogP) is 4.01. The topological polar surface area (TPSA) is 26.0 Å². The van der Waals surface area contributed by atoms with E-state index in [1.54, 1.807) is 19.1 Å². The van der Waals surface area contributed by atoms with Gasteiger partial charge in [0.1, 0.15) is 5.82 Å². The first kappa shape index (κ1) is 13.8. The molecule has 0 spiro atoms. The summed E-state index contributed by atoms with van der Waals surface area (Å²) in [6.45, 7) is 1.74. The number of hydrogen-bond acceptors (Lipinski definition) is 1. The predicted molar refractivity (Wildman–Crippen MR) is 67.7 cm³/mol. The maximum Gasteiger partial charge on any atom is 0.132 e. The van der Waals surface area contributed by atoms with Crippen molar-refractivity contribution in [3.05, 3.63) is 34.1 Å². The van der Waals surface area contributed by atoms with Gasteiger partial charge in [-0.1, -0.05) is 30.5 Å². The molecule has 90 valence electrons. The molecule has 0 aliphatic heterocycles. The molecule has 0 saturated heterocycles. The molecule has 4 heteroatoms. The van der Waals surface area contributed by atoms with Gasteiger partial charge < -0.3 is 5.73 Å². The minimum Gasteiger partial charge on any atom is -0.324 e. The van der Waals surface area contributed by atoms with Crippen molar-refractivity contribution in [2.24, 2.45) is 11.7 Å². The Bertz CT molecular complexity index is 378. The van der Waals surface area contributed by atoms with Crippen molar-refractivity contribution in [1.29, 1.82) is 0 Å². The van der Waals surface area contributed by atoms with E-state index in [0.29, 0.717) is 22.1 Å². The van der Waals surface area contributed by atoms with Crippen molar-refractivity contribution < 1.29 is 4.39 Å². The van der Waals surface area contributed by atoms with Gasteiger partial charge in [-0.05, 0) is 30.9 Å². The van der Waals surface area contributed by atoms with Gasteiger partial charge in [0.05, 0.1) is 0 Å². The molecule has 0 amide bonds. The normalized spacial score (nSPS) is 16.8. The first-order valence-electron chi connectivity index (χ1n) is 5.29. The Morgan fingerprint density at radius 3 is 2.69 bits per heavy atom. The quantitative estimate of drug-likeness (QED) is 0.877. The molecule has 1 atom stereocenters. The monoisotopic (exact) mass is 263 g/mol. The van der Waals surface area contributed by atoms with E-state index in [2.05, 4.69) is 0 Å². The van der Waals surface area contributed by atoms with Crippen molar-refractivity contribution in [3.8, 4) is 0 Å². The van der Waals surface area contributed by atoms with Crippen LogP contribution in [0.15, 0.2) is 12.1 Å². The largest absolute Gasteiger partial charge is 0.324 e. The lowest BCUT2D eigenvalue weighted by atomic mass is 9.99. The van der Waals surface area contributed by atoms with Crippen molar-refractivity contribution in [1.82, 2.24) is 0 Å². The van der Waals surface area contributed by atoms with Crippen LogP contribution in [0.2, 0.25) is 5.02 Å². The number of halogens is 3. The zero-order chi connectivity index (χ0) is 11.0. The first-order valence-corrected chi connectivity index (χ1v) is 5.67. The first-order chi connectivity index (χ1) is 7.09. The van der Waals surface area contributed by atoms with E-state index in [9.17, 15) is 4.39 Å². The Morgan fingerprint density at radius 1 is 1.50 bits per heavy atom. The smallest absolute Gasteiger partial charge is 0.132 e. The molecule has 1 aromatic rings. The van der Waals surface area contributed by atoms with Crippen LogP contribution in [0.3, 0.4) is 0 Å². The Kier molecular flexibility index (Phi) is 4.60. The molecule has 1 aliphatic carbocycles. The molecule has 1 fully saturated rings. The molecule has 1 saturated carbocycles. The van der Waals surface area contributed by atoms with Crippen LogP contribution in [-0.4, -0.2) is 0 Å². The summed E-state index contributed by atoms with van der Waals surface area (Å²) in [7, 11) is 0. The fourth-order valence-corrected chi connectivity index (χ4v) is 2.13. The lowest BCUT2D eigenvalue weighted by Gasteiger charge is -2.15. The van der Waals surface area contributed by atoms with Gasteiger partial charge in [0.2, 0.25) is 0 Å². The Hall–Kier alpha value is -0.310. The Morgan fingerprint density at radius 2 is 2.12 bits per heavy atom. The van der Waals surface area contributed by atoms with E-state index in [4.69, 9.17) is 17.3 Å². The zero-order valence-electron chi connectivity index (χ0n) is 9.17. The molecule has 2 rings (SSSR count). The van der Waals surface area contributed by atoms with E-state index in [1.165, 1.54) is 12.8 Å². The lowest BCUT2D eigenvalue weighted by molar-refractivity contribution is 0.538. The maximum atomic E-state index is 13.8. The fourth-order valence-electron chi connectivity index (χ4n) is 1.85. The molecular weight excluding hydrogens is 248 g/mol. The van der Waals surface area contributed by atoms with Gasteiger partial charge in [-0.3, -0.25) is 0 Å². The third kappa shape index (κ3) is 2.88. The molecule has 1 nitrogen and oxygen atoms in total. The molecule has 1 aliphatic rings. The lowest BCUT2D eigenvalue weighted by Crippen LogP contribution is -2.14. The summed E-state index contributed by atoms with van der Waals surface area (Å²) in [6.07, 6.45) is 3.29. The second-order valence-corrected chi connectivity index (χ2v) is 4.78.